The Balaban J connectivity index is 0.00000147. The molecule has 2 atom stereocenters. The first kappa shape index (κ1) is 15.0. The molecule has 0 saturated carbocycles. The van der Waals surface area contributed by atoms with Crippen molar-refractivity contribution in [3.05, 3.63) is 34.8 Å². The molecule has 1 saturated heterocycles. The molecule has 0 aromatic carbocycles. The van der Waals surface area contributed by atoms with Gasteiger partial charge in [-0.25, -0.2) is 0 Å². The smallest absolute Gasteiger partial charge is 0.229 e. The van der Waals surface area contributed by atoms with Gasteiger partial charge >= 0.3 is 0 Å². The first-order valence-corrected chi connectivity index (χ1v) is 7.20. The quantitative estimate of drug-likeness (QED) is 0.909. The summed E-state index contributed by atoms with van der Waals surface area (Å²) >= 11 is 1.58. The molecule has 2 N–H and O–H groups in total. The van der Waals surface area contributed by atoms with Crippen LogP contribution in [0, 0.1) is 5.92 Å². The standard InChI is InChI=1S/C13H16N4OS.ClH/c1-17-7-9(4-15-17)11-5-14-6-12(11)13(18)16-10-2-3-19-8-10;/h2-4,7-8,11-12,14H,5-6H2,1H3,(H,16,18);1H/t11-,12+;/m1./s1. The Labute approximate surface area is 127 Å². The second-order valence-corrected chi connectivity index (χ2v) is 5.60. The van der Waals surface area contributed by atoms with E-state index in [0.29, 0.717) is 0 Å². The summed E-state index contributed by atoms with van der Waals surface area (Å²) in [5.74, 6) is 0.244. The third kappa shape index (κ3) is 3.03. The average molecular weight is 313 g/mol. The lowest BCUT2D eigenvalue weighted by Gasteiger charge is -2.16. The molecule has 3 rings (SSSR count). The average Bonchev–Trinajstić information content (AvgIpc) is 3.07. The summed E-state index contributed by atoms with van der Waals surface area (Å²) in [7, 11) is 1.90. The molecule has 2 aromatic rings. The van der Waals surface area contributed by atoms with E-state index in [9.17, 15) is 4.79 Å². The monoisotopic (exact) mass is 312 g/mol. The molecule has 0 spiro atoms. The molecular weight excluding hydrogens is 296 g/mol. The van der Waals surface area contributed by atoms with Gasteiger partial charge in [-0.05, 0) is 17.0 Å². The van der Waals surface area contributed by atoms with Crippen molar-refractivity contribution >= 4 is 35.3 Å². The van der Waals surface area contributed by atoms with Crippen molar-refractivity contribution in [1.82, 2.24) is 15.1 Å². The van der Waals surface area contributed by atoms with Crippen LogP contribution in [-0.4, -0.2) is 28.8 Å². The van der Waals surface area contributed by atoms with Crippen LogP contribution in [-0.2, 0) is 11.8 Å². The molecule has 3 heterocycles. The van der Waals surface area contributed by atoms with Crippen molar-refractivity contribution < 1.29 is 4.79 Å². The summed E-state index contributed by atoms with van der Waals surface area (Å²) < 4.78 is 1.78. The fourth-order valence-corrected chi connectivity index (χ4v) is 3.09. The first-order chi connectivity index (χ1) is 9.24. The third-order valence-electron chi connectivity index (χ3n) is 3.49. The number of halogens is 1. The van der Waals surface area contributed by atoms with Crippen molar-refractivity contribution in [2.24, 2.45) is 13.0 Å². The van der Waals surface area contributed by atoms with Crippen LogP contribution >= 0.6 is 23.7 Å². The molecule has 1 aliphatic heterocycles. The van der Waals surface area contributed by atoms with Gasteiger partial charge in [-0.2, -0.15) is 16.4 Å². The van der Waals surface area contributed by atoms with Gasteiger partial charge < -0.3 is 10.6 Å². The minimum Gasteiger partial charge on any atom is -0.325 e. The fourth-order valence-electron chi connectivity index (χ4n) is 2.51. The van der Waals surface area contributed by atoms with Crippen molar-refractivity contribution in [3.63, 3.8) is 0 Å². The number of carbonyl (C=O) groups is 1. The van der Waals surface area contributed by atoms with Crippen LogP contribution in [0.3, 0.4) is 0 Å². The summed E-state index contributed by atoms with van der Waals surface area (Å²) in [6, 6.07) is 1.92. The Hall–Kier alpha value is -1.37. The van der Waals surface area contributed by atoms with Crippen molar-refractivity contribution in [2.75, 3.05) is 18.4 Å². The van der Waals surface area contributed by atoms with Crippen LogP contribution in [0.25, 0.3) is 0 Å². The highest BCUT2D eigenvalue weighted by molar-refractivity contribution is 7.08. The maximum absolute atomic E-state index is 12.3. The predicted octanol–water partition coefficient (Wildman–Crippen LogP) is 1.85. The number of aromatic nitrogens is 2. The number of amides is 1. The van der Waals surface area contributed by atoms with E-state index in [4.69, 9.17) is 0 Å². The van der Waals surface area contributed by atoms with E-state index in [2.05, 4.69) is 15.7 Å². The zero-order valence-electron chi connectivity index (χ0n) is 11.1. The number of hydrogen-bond donors (Lipinski definition) is 2. The fraction of sp³-hybridized carbons (Fsp3) is 0.385. The normalized spacial score (nSPS) is 21.4. The molecular formula is C13H17ClN4OS. The van der Waals surface area contributed by atoms with Crippen LogP contribution in [0.1, 0.15) is 11.5 Å². The maximum Gasteiger partial charge on any atom is 0.229 e. The molecule has 0 bridgehead atoms. The summed E-state index contributed by atoms with van der Waals surface area (Å²) in [5, 5.41) is 14.4. The van der Waals surface area contributed by atoms with E-state index >= 15 is 0 Å². The topological polar surface area (TPSA) is 59.0 Å². The summed E-state index contributed by atoms with van der Waals surface area (Å²) in [4.78, 5) is 12.3. The van der Waals surface area contributed by atoms with Gasteiger partial charge in [-0.3, -0.25) is 9.48 Å². The lowest BCUT2D eigenvalue weighted by atomic mass is 9.90. The van der Waals surface area contributed by atoms with Crippen LogP contribution in [0.2, 0.25) is 0 Å². The lowest BCUT2D eigenvalue weighted by molar-refractivity contribution is -0.119. The Kier molecular flexibility index (Phi) is 4.80. The Morgan fingerprint density at radius 1 is 1.55 bits per heavy atom. The van der Waals surface area contributed by atoms with Crippen LogP contribution in [0.4, 0.5) is 5.69 Å². The molecule has 20 heavy (non-hydrogen) atoms. The highest BCUT2D eigenvalue weighted by Crippen LogP contribution is 2.29. The highest BCUT2D eigenvalue weighted by atomic mass is 35.5. The van der Waals surface area contributed by atoms with Crippen molar-refractivity contribution in [1.29, 1.82) is 0 Å². The molecule has 0 unspecified atom stereocenters. The van der Waals surface area contributed by atoms with Gasteiger partial charge in [-0.15, -0.1) is 12.4 Å². The lowest BCUT2D eigenvalue weighted by Crippen LogP contribution is -2.27. The number of anilines is 1. The van der Waals surface area contributed by atoms with Gasteiger partial charge in [0.25, 0.3) is 0 Å². The molecule has 5 nitrogen and oxygen atoms in total. The van der Waals surface area contributed by atoms with Crippen molar-refractivity contribution in [2.45, 2.75) is 5.92 Å². The summed E-state index contributed by atoms with van der Waals surface area (Å²) in [6.07, 6.45) is 3.84. The largest absolute Gasteiger partial charge is 0.325 e. The molecule has 2 aromatic heterocycles. The van der Waals surface area contributed by atoms with Crippen molar-refractivity contribution in [3.8, 4) is 0 Å². The number of thiophene rings is 1. The van der Waals surface area contributed by atoms with Crippen LogP contribution in [0.15, 0.2) is 29.2 Å². The third-order valence-corrected chi connectivity index (χ3v) is 4.18. The Morgan fingerprint density at radius 2 is 2.40 bits per heavy atom. The Morgan fingerprint density at radius 3 is 3.05 bits per heavy atom. The van der Waals surface area contributed by atoms with E-state index in [1.54, 1.807) is 16.0 Å². The van der Waals surface area contributed by atoms with Gasteiger partial charge in [-0.1, -0.05) is 0 Å². The van der Waals surface area contributed by atoms with E-state index in [1.807, 2.05) is 36.3 Å². The van der Waals surface area contributed by atoms with Gasteiger partial charge in [0.05, 0.1) is 17.8 Å². The molecule has 0 radical (unpaired) electrons. The molecule has 1 aliphatic rings. The Bertz CT molecular complexity index is 569. The van der Waals surface area contributed by atoms with Gasteiger partial charge in [0, 0.05) is 37.6 Å². The predicted molar refractivity (Wildman–Crippen MR) is 82.5 cm³/mol. The summed E-state index contributed by atoms with van der Waals surface area (Å²) in [5.41, 5.74) is 2.00. The molecule has 108 valence electrons. The van der Waals surface area contributed by atoms with E-state index in [0.717, 1.165) is 24.3 Å². The molecule has 0 aliphatic carbocycles. The minimum absolute atomic E-state index is 0. The van der Waals surface area contributed by atoms with E-state index in [1.165, 1.54) is 0 Å². The van der Waals surface area contributed by atoms with Gasteiger partial charge in [0.1, 0.15) is 0 Å². The highest BCUT2D eigenvalue weighted by Gasteiger charge is 2.34. The van der Waals surface area contributed by atoms with Gasteiger partial charge in [0.2, 0.25) is 5.91 Å². The zero-order chi connectivity index (χ0) is 13.2. The molecule has 1 fully saturated rings. The molecule has 7 heteroatoms. The SMILES string of the molecule is Cl.Cn1cc([C@H]2CNC[C@@H]2C(=O)Nc2ccsc2)cn1. The van der Waals surface area contributed by atoms with Gasteiger partial charge in [0.15, 0.2) is 0 Å². The summed E-state index contributed by atoms with van der Waals surface area (Å²) in [6.45, 7) is 1.54. The number of carbonyl (C=O) groups excluding carboxylic acids is 1. The second-order valence-electron chi connectivity index (χ2n) is 4.82. The second kappa shape index (κ2) is 6.39. The number of nitrogens with one attached hydrogen (secondary N) is 2. The number of aryl methyl sites for hydroxylation is 1. The number of nitrogens with zero attached hydrogens (tertiary/aromatic N) is 2. The minimum atomic E-state index is -0.0379. The van der Waals surface area contributed by atoms with Crippen LogP contribution in [0.5, 0.6) is 0 Å². The van der Waals surface area contributed by atoms with Crippen LogP contribution < -0.4 is 10.6 Å². The first-order valence-electron chi connectivity index (χ1n) is 6.26. The number of hydrogen-bond acceptors (Lipinski definition) is 4. The zero-order valence-corrected chi connectivity index (χ0v) is 12.7. The maximum atomic E-state index is 12.3. The van der Waals surface area contributed by atoms with E-state index in [-0.39, 0.29) is 30.2 Å². The molecule has 1 amide bonds. The number of rotatable bonds is 3. The van der Waals surface area contributed by atoms with E-state index < -0.39 is 0 Å².